The Morgan fingerprint density at radius 1 is 1.35 bits per heavy atom. The van der Waals surface area contributed by atoms with E-state index in [1.54, 1.807) is 12.1 Å². The fourth-order valence-corrected chi connectivity index (χ4v) is 1.73. The van der Waals surface area contributed by atoms with E-state index < -0.39 is 11.9 Å². The number of carboxylic acids is 1. The molecule has 1 aromatic carbocycles. The Kier molecular flexibility index (Phi) is 4.21. The molecule has 0 atom stereocenters. The minimum atomic E-state index is -1.08. The van der Waals surface area contributed by atoms with Gasteiger partial charge < -0.3 is 10.4 Å². The number of nitrogens with zero attached hydrogens (tertiary/aromatic N) is 3. The van der Waals surface area contributed by atoms with Gasteiger partial charge in [0, 0.05) is 5.02 Å². The van der Waals surface area contributed by atoms with E-state index in [1.165, 1.54) is 12.3 Å². The van der Waals surface area contributed by atoms with Crippen LogP contribution >= 0.6 is 23.2 Å². The van der Waals surface area contributed by atoms with E-state index >= 15 is 0 Å². The first-order valence-electron chi connectivity index (χ1n) is 5.34. The third-order valence-electron chi connectivity index (χ3n) is 2.25. The molecule has 2 rings (SSSR count). The van der Waals surface area contributed by atoms with Gasteiger partial charge in [0.1, 0.15) is 6.54 Å². The molecule has 1 aromatic heterocycles. The Morgan fingerprint density at radius 2 is 2.10 bits per heavy atom. The zero-order chi connectivity index (χ0) is 14.7. The Balaban J connectivity index is 2.13. The van der Waals surface area contributed by atoms with Gasteiger partial charge in [-0.2, -0.15) is 0 Å². The molecular weight excluding hydrogens is 307 g/mol. The molecule has 104 valence electrons. The van der Waals surface area contributed by atoms with Crippen LogP contribution in [0.25, 0.3) is 0 Å². The normalized spacial score (nSPS) is 10.3. The van der Waals surface area contributed by atoms with Crippen LogP contribution in [0.1, 0.15) is 10.5 Å². The van der Waals surface area contributed by atoms with Gasteiger partial charge in [-0.15, -0.1) is 5.10 Å². The summed E-state index contributed by atoms with van der Waals surface area (Å²) < 4.78 is 1.04. The maximum Gasteiger partial charge on any atom is 0.325 e. The van der Waals surface area contributed by atoms with E-state index in [0.717, 1.165) is 4.68 Å². The Morgan fingerprint density at radius 3 is 2.80 bits per heavy atom. The summed E-state index contributed by atoms with van der Waals surface area (Å²) in [6.45, 7) is -0.377. The number of carboxylic acid groups (broad SMARTS) is 1. The van der Waals surface area contributed by atoms with E-state index in [4.69, 9.17) is 28.3 Å². The van der Waals surface area contributed by atoms with Crippen molar-refractivity contribution in [3.8, 4) is 0 Å². The van der Waals surface area contributed by atoms with Crippen LogP contribution in [0.2, 0.25) is 10.0 Å². The zero-order valence-electron chi connectivity index (χ0n) is 9.88. The number of benzene rings is 1. The predicted molar refractivity (Wildman–Crippen MR) is 72.1 cm³/mol. The van der Waals surface area contributed by atoms with E-state index in [0.29, 0.717) is 15.7 Å². The number of aliphatic carboxylic acids is 1. The third-order valence-corrected chi connectivity index (χ3v) is 2.81. The molecule has 0 aliphatic carbocycles. The molecule has 1 heterocycles. The van der Waals surface area contributed by atoms with Crippen LogP contribution in [-0.2, 0) is 11.3 Å². The van der Waals surface area contributed by atoms with Gasteiger partial charge in [-0.05, 0) is 18.2 Å². The highest BCUT2D eigenvalue weighted by Gasteiger charge is 2.13. The van der Waals surface area contributed by atoms with Gasteiger partial charge in [-0.3, -0.25) is 9.59 Å². The molecule has 0 bridgehead atoms. The molecule has 0 fully saturated rings. The van der Waals surface area contributed by atoms with Crippen molar-refractivity contribution >= 4 is 40.8 Å². The number of anilines is 1. The number of hydrogen-bond acceptors (Lipinski definition) is 4. The summed E-state index contributed by atoms with van der Waals surface area (Å²) in [5, 5.41) is 19.0. The molecule has 0 spiro atoms. The monoisotopic (exact) mass is 314 g/mol. The first kappa shape index (κ1) is 14.3. The first-order chi connectivity index (χ1) is 9.45. The molecule has 2 aromatic rings. The highest BCUT2D eigenvalue weighted by Crippen LogP contribution is 2.25. The van der Waals surface area contributed by atoms with Crippen molar-refractivity contribution in [3.05, 3.63) is 40.1 Å². The largest absolute Gasteiger partial charge is 0.480 e. The molecule has 2 N–H and O–H groups in total. The second-order valence-electron chi connectivity index (χ2n) is 3.77. The van der Waals surface area contributed by atoms with E-state index in [1.807, 2.05) is 0 Å². The second kappa shape index (κ2) is 5.89. The smallest absolute Gasteiger partial charge is 0.325 e. The fraction of sp³-hybridized carbons (Fsp3) is 0.0909. The van der Waals surface area contributed by atoms with Crippen LogP contribution in [0.5, 0.6) is 0 Å². The van der Waals surface area contributed by atoms with E-state index in [2.05, 4.69) is 15.6 Å². The molecule has 0 radical (unpaired) electrons. The summed E-state index contributed by atoms with van der Waals surface area (Å²) in [7, 11) is 0. The van der Waals surface area contributed by atoms with Crippen molar-refractivity contribution in [2.24, 2.45) is 0 Å². The summed E-state index contributed by atoms with van der Waals surface area (Å²) >= 11 is 11.7. The molecule has 9 heteroatoms. The van der Waals surface area contributed by atoms with Gasteiger partial charge in [0.25, 0.3) is 5.91 Å². The highest BCUT2D eigenvalue weighted by atomic mass is 35.5. The van der Waals surface area contributed by atoms with Crippen LogP contribution < -0.4 is 5.32 Å². The Bertz CT molecular complexity index is 671. The number of rotatable bonds is 4. The fourth-order valence-electron chi connectivity index (χ4n) is 1.40. The topological polar surface area (TPSA) is 97.1 Å². The van der Waals surface area contributed by atoms with E-state index in [-0.39, 0.29) is 12.2 Å². The van der Waals surface area contributed by atoms with Crippen LogP contribution in [0.3, 0.4) is 0 Å². The summed E-state index contributed by atoms with van der Waals surface area (Å²) in [5.41, 5.74) is 0.305. The first-order valence-corrected chi connectivity index (χ1v) is 6.09. The number of aromatic nitrogens is 3. The van der Waals surface area contributed by atoms with Gasteiger partial charge in [0.2, 0.25) is 0 Å². The SMILES string of the molecule is O=C(O)Cn1cc(C(=O)Nc2cc(Cl)ccc2Cl)nn1. The number of amides is 1. The van der Waals surface area contributed by atoms with Crippen molar-refractivity contribution in [2.45, 2.75) is 6.54 Å². The molecule has 1 amide bonds. The van der Waals surface area contributed by atoms with Crippen molar-refractivity contribution < 1.29 is 14.7 Å². The van der Waals surface area contributed by atoms with Crippen molar-refractivity contribution in [3.63, 3.8) is 0 Å². The van der Waals surface area contributed by atoms with Gasteiger partial charge in [-0.25, -0.2) is 4.68 Å². The lowest BCUT2D eigenvalue weighted by Gasteiger charge is -2.05. The number of halogens is 2. The van der Waals surface area contributed by atoms with E-state index in [9.17, 15) is 9.59 Å². The quantitative estimate of drug-likeness (QED) is 0.898. The lowest BCUT2D eigenvalue weighted by atomic mass is 10.3. The molecule has 0 aliphatic rings. The molecule has 0 saturated heterocycles. The van der Waals surface area contributed by atoms with Crippen molar-refractivity contribution in [1.82, 2.24) is 15.0 Å². The standard InChI is InChI=1S/C11H8Cl2N4O3/c12-6-1-2-7(13)8(3-6)14-11(20)9-4-17(16-15-9)5-10(18)19/h1-4H,5H2,(H,14,20)(H,18,19). The lowest BCUT2D eigenvalue weighted by Crippen LogP contribution is -2.13. The highest BCUT2D eigenvalue weighted by molar-refractivity contribution is 6.35. The van der Waals surface area contributed by atoms with Crippen LogP contribution in [0.15, 0.2) is 24.4 Å². The summed E-state index contributed by atoms with van der Waals surface area (Å²) in [5.74, 6) is -1.65. The maximum absolute atomic E-state index is 11.9. The molecular formula is C11H8Cl2N4O3. The third kappa shape index (κ3) is 3.46. The molecule has 20 heavy (non-hydrogen) atoms. The second-order valence-corrected chi connectivity index (χ2v) is 4.62. The van der Waals surface area contributed by atoms with Gasteiger partial charge in [-0.1, -0.05) is 28.4 Å². The zero-order valence-corrected chi connectivity index (χ0v) is 11.4. The molecule has 0 saturated carbocycles. The minimum Gasteiger partial charge on any atom is -0.480 e. The van der Waals surface area contributed by atoms with Crippen LogP contribution in [-0.4, -0.2) is 32.0 Å². The summed E-state index contributed by atoms with van der Waals surface area (Å²) in [6.07, 6.45) is 1.22. The average molecular weight is 315 g/mol. The summed E-state index contributed by atoms with van der Waals surface area (Å²) in [6, 6.07) is 4.62. The number of carbonyl (C=O) groups is 2. The average Bonchev–Trinajstić information content (AvgIpc) is 2.81. The number of carbonyl (C=O) groups excluding carboxylic acids is 1. The lowest BCUT2D eigenvalue weighted by molar-refractivity contribution is -0.137. The van der Waals surface area contributed by atoms with Gasteiger partial charge in [0.15, 0.2) is 5.69 Å². The number of hydrogen-bond donors (Lipinski definition) is 2. The molecule has 0 unspecified atom stereocenters. The molecule has 7 nitrogen and oxygen atoms in total. The Hall–Kier alpha value is -2.12. The predicted octanol–water partition coefficient (Wildman–Crippen LogP) is 1.92. The number of nitrogens with one attached hydrogen (secondary N) is 1. The minimum absolute atomic E-state index is 0.0257. The maximum atomic E-state index is 11.9. The van der Waals surface area contributed by atoms with Gasteiger partial charge in [0.05, 0.1) is 16.9 Å². The van der Waals surface area contributed by atoms with Crippen LogP contribution in [0.4, 0.5) is 5.69 Å². The Labute approximate surface area is 123 Å². The van der Waals surface area contributed by atoms with Crippen LogP contribution in [0, 0.1) is 0 Å². The van der Waals surface area contributed by atoms with Crippen molar-refractivity contribution in [1.29, 1.82) is 0 Å². The molecule has 0 aliphatic heterocycles. The van der Waals surface area contributed by atoms with Gasteiger partial charge >= 0.3 is 5.97 Å². The van der Waals surface area contributed by atoms with Crippen molar-refractivity contribution in [2.75, 3.05) is 5.32 Å². The summed E-state index contributed by atoms with van der Waals surface area (Å²) in [4.78, 5) is 22.4.